The molecule has 11 heavy (non-hydrogen) atoms. The fraction of sp³-hybridized carbons (Fsp3) is 1.00. The van der Waals surface area contributed by atoms with Crippen LogP contribution in [-0.2, 0) is 0 Å². The Morgan fingerprint density at radius 2 is 2.18 bits per heavy atom. The van der Waals surface area contributed by atoms with Crippen LogP contribution in [0.1, 0.15) is 27.2 Å². The molecule has 0 radical (unpaired) electrons. The van der Waals surface area contributed by atoms with Crippen LogP contribution in [-0.4, -0.2) is 35.2 Å². The van der Waals surface area contributed by atoms with E-state index in [2.05, 4.69) is 11.8 Å². The summed E-state index contributed by atoms with van der Waals surface area (Å²) in [6, 6.07) is 0. The summed E-state index contributed by atoms with van der Waals surface area (Å²) >= 11 is 0. The third-order valence-corrected chi connectivity index (χ3v) is 2.72. The van der Waals surface area contributed by atoms with Gasteiger partial charge in [0, 0.05) is 12.5 Å². The van der Waals surface area contributed by atoms with E-state index >= 15 is 0 Å². The molecule has 1 fully saturated rings. The highest BCUT2D eigenvalue weighted by atomic mass is 16.3. The summed E-state index contributed by atoms with van der Waals surface area (Å²) in [6.45, 7) is 9.35. The summed E-state index contributed by atoms with van der Waals surface area (Å²) in [5, 5.41) is 9.70. The van der Waals surface area contributed by atoms with Crippen molar-refractivity contribution in [3.63, 3.8) is 0 Å². The molecule has 1 saturated heterocycles. The van der Waals surface area contributed by atoms with Gasteiger partial charge in [-0.25, -0.2) is 0 Å². The summed E-state index contributed by atoms with van der Waals surface area (Å²) in [5.74, 6) is 0.474. The maximum Gasteiger partial charge on any atom is 0.0632 e. The molecular weight excluding hydrogens is 138 g/mol. The molecule has 0 spiro atoms. The average Bonchev–Trinajstić information content (AvgIpc) is 2.32. The molecule has 66 valence electrons. The van der Waals surface area contributed by atoms with E-state index in [4.69, 9.17) is 0 Å². The lowest BCUT2D eigenvalue weighted by Crippen LogP contribution is -2.33. The van der Waals surface area contributed by atoms with Gasteiger partial charge < -0.3 is 10.0 Å². The summed E-state index contributed by atoms with van der Waals surface area (Å²) < 4.78 is 0. The molecule has 1 aliphatic rings. The SMILES string of the molecule is CCN1CC[C@@H](C(C)(C)O)C1. The monoisotopic (exact) mass is 157 g/mol. The first-order chi connectivity index (χ1) is 5.04. The zero-order valence-corrected chi connectivity index (χ0v) is 7.80. The smallest absolute Gasteiger partial charge is 0.0632 e. The second-order valence-electron chi connectivity index (χ2n) is 4.03. The van der Waals surface area contributed by atoms with Gasteiger partial charge in [-0.15, -0.1) is 0 Å². The number of hydrogen-bond acceptors (Lipinski definition) is 2. The van der Waals surface area contributed by atoms with Gasteiger partial charge in [0.05, 0.1) is 5.60 Å². The van der Waals surface area contributed by atoms with E-state index in [0.29, 0.717) is 5.92 Å². The van der Waals surface area contributed by atoms with Crippen LogP contribution >= 0.6 is 0 Å². The van der Waals surface area contributed by atoms with E-state index in [9.17, 15) is 5.11 Å². The molecule has 0 saturated carbocycles. The molecule has 1 heterocycles. The van der Waals surface area contributed by atoms with Gasteiger partial charge in [0.2, 0.25) is 0 Å². The Kier molecular flexibility index (Phi) is 2.55. The van der Waals surface area contributed by atoms with Crippen molar-refractivity contribution in [3.05, 3.63) is 0 Å². The van der Waals surface area contributed by atoms with Crippen LogP contribution in [0, 0.1) is 5.92 Å². The lowest BCUT2D eigenvalue weighted by Gasteiger charge is -2.25. The zero-order chi connectivity index (χ0) is 8.48. The van der Waals surface area contributed by atoms with Crippen molar-refractivity contribution < 1.29 is 5.11 Å². The van der Waals surface area contributed by atoms with Crippen molar-refractivity contribution in [3.8, 4) is 0 Å². The van der Waals surface area contributed by atoms with E-state index in [1.54, 1.807) is 0 Å². The maximum absolute atomic E-state index is 9.70. The van der Waals surface area contributed by atoms with Gasteiger partial charge in [0.15, 0.2) is 0 Å². The first kappa shape index (κ1) is 9.01. The van der Waals surface area contributed by atoms with Crippen molar-refractivity contribution in [1.29, 1.82) is 0 Å². The molecule has 2 heteroatoms. The van der Waals surface area contributed by atoms with Crippen molar-refractivity contribution in [2.75, 3.05) is 19.6 Å². The fourth-order valence-corrected chi connectivity index (χ4v) is 1.70. The summed E-state index contributed by atoms with van der Waals surface area (Å²) in [7, 11) is 0. The molecule has 0 aliphatic carbocycles. The Morgan fingerprint density at radius 1 is 1.55 bits per heavy atom. The Balaban J connectivity index is 2.42. The van der Waals surface area contributed by atoms with Crippen LogP contribution in [0.2, 0.25) is 0 Å². The van der Waals surface area contributed by atoms with Gasteiger partial charge in [-0.3, -0.25) is 0 Å². The molecule has 0 aromatic carbocycles. The Bertz CT molecular complexity index is 128. The lowest BCUT2D eigenvalue weighted by molar-refractivity contribution is 0.0213. The largest absolute Gasteiger partial charge is 0.390 e. The van der Waals surface area contributed by atoms with E-state index < -0.39 is 5.60 Å². The maximum atomic E-state index is 9.70. The third kappa shape index (κ3) is 2.17. The normalized spacial score (nSPS) is 27.8. The van der Waals surface area contributed by atoms with Crippen LogP contribution in [0.4, 0.5) is 0 Å². The number of rotatable bonds is 2. The number of hydrogen-bond donors (Lipinski definition) is 1. The van der Waals surface area contributed by atoms with Crippen molar-refractivity contribution in [1.82, 2.24) is 4.90 Å². The summed E-state index contributed by atoms with van der Waals surface area (Å²) in [4.78, 5) is 2.39. The van der Waals surface area contributed by atoms with E-state index in [-0.39, 0.29) is 0 Å². The molecule has 0 amide bonds. The highest BCUT2D eigenvalue weighted by molar-refractivity contribution is 4.85. The van der Waals surface area contributed by atoms with Crippen LogP contribution in [0.5, 0.6) is 0 Å². The topological polar surface area (TPSA) is 23.5 Å². The molecule has 0 bridgehead atoms. The predicted octanol–water partition coefficient (Wildman–Crippen LogP) is 1.10. The van der Waals surface area contributed by atoms with Gasteiger partial charge >= 0.3 is 0 Å². The van der Waals surface area contributed by atoms with Crippen LogP contribution < -0.4 is 0 Å². The summed E-state index contributed by atoms with van der Waals surface area (Å²) in [6.07, 6.45) is 1.15. The minimum absolute atomic E-state index is 0.474. The predicted molar refractivity (Wildman–Crippen MR) is 46.5 cm³/mol. The lowest BCUT2D eigenvalue weighted by atomic mass is 9.90. The fourth-order valence-electron chi connectivity index (χ4n) is 1.70. The molecule has 1 N–H and O–H groups in total. The van der Waals surface area contributed by atoms with Gasteiger partial charge in [-0.1, -0.05) is 6.92 Å². The quantitative estimate of drug-likeness (QED) is 0.649. The van der Waals surface area contributed by atoms with E-state index in [1.165, 1.54) is 0 Å². The zero-order valence-electron chi connectivity index (χ0n) is 7.80. The molecule has 2 nitrogen and oxygen atoms in total. The molecule has 0 aromatic rings. The second-order valence-corrected chi connectivity index (χ2v) is 4.03. The molecule has 1 rings (SSSR count). The Labute approximate surface area is 69.2 Å². The van der Waals surface area contributed by atoms with E-state index in [1.807, 2.05) is 13.8 Å². The first-order valence-electron chi connectivity index (χ1n) is 4.48. The summed E-state index contributed by atoms with van der Waals surface area (Å²) in [5.41, 5.74) is -0.482. The highest BCUT2D eigenvalue weighted by Gasteiger charge is 2.32. The van der Waals surface area contributed by atoms with Gasteiger partial charge in [-0.2, -0.15) is 0 Å². The van der Waals surface area contributed by atoms with Crippen molar-refractivity contribution in [2.24, 2.45) is 5.92 Å². The highest BCUT2D eigenvalue weighted by Crippen LogP contribution is 2.26. The first-order valence-corrected chi connectivity index (χ1v) is 4.48. The number of nitrogens with zero attached hydrogens (tertiary/aromatic N) is 1. The molecular formula is C9H19NO. The van der Waals surface area contributed by atoms with Gasteiger partial charge in [-0.05, 0) is 33.4 Å². The molecule has 0 unspecified atom stereocenters. The third-order valence-electron chi connectivity index (χ3n) is 2.72. The minimum Gasteiger partial charge on any atom is -0.390 e. The van der Waals surface area contributed by atoms with Crippen LogP contribution in [0.3, 0.4) is 0 Å². The van der Waals surface area contributed by atoms with Crippen molar-refractivity contribution >= 4 is 0 Å². The van der Waals surface area contributed by atoms with Gasteiger partial charge in [0.1, 0.15) is 0 Å². The molecule has 0 aromatic heterocycles. The van der Waals surface area contributed by atoms with Crippen LogP contribution in [0.25, 0.3) is 0 Å². The number of likely N-dealkylation sites (tertiary alicyclic amines) is 1. The molecule has 1 aliphatic heterocycles. The number of aliphatic hydroxyl groups is 1. The average molecular weight is 157 g/mol. The second kappa shape index (κ2) is 3.11. The van der Waals surface area contributed by atoms with Crippen molar-refractivity contribution in [2.45, 2.75) is 32.8 Å². The molecule has 1 atom stereocenters. The van der Waals surface area contributed by atoms with E-state index in [0.717, 1.165) is 26.1 Å². The standard InChI is InChI=1S/C9H19NO/c1-4-10-6-5-8(7-10)9(2,3)11/h8,11H,4-7H2,1-3H3/t8-/m1/s1. The minimum atomic E-state index is -0.482. The van der Waals surface area contributed by atoms with Gasteiger partial charge in [0.25, 0.3) is 0 Å². The van der Waals surface area contributed by atoms with Crippen LogP contribution in [0.15, 0.2) is 0 Å². The Morgan fingerprint density at radius 3 is 2.45 bits per heavy atom. The Hall–Kier alpha value is -0.0800.